The van der Waals surface area contributed by atoms with Crippen molar-refractivity contribution in [3.63, 3.8) is 0 Å². The zero-order valence-electron chi connectivity index (χ0n) is 18.4. The quantitative estimate of drug-likeness (QED) is 0.417. The number of hydrogen-bond acceptors (Lipinski definition) is 5. The maximum Gasteiger partial charge on any atom is 0.419 e. The monoisotopic (exact) mass is 491 g/mol. The van der Waals surface area contributed by atoms with Crippen molar-refractivity contribution >= 4 is 23.4 Å². The third kappa shape index (κ3) is 6.42. The minimum absolute atomic E-state index is 0.0367. The van der Waals surface area contributed by atoms with E-state index in [0.717, 1.165) is 50.3 Å². The van der Waals surface area contributed by atoms with E-state index in [1.807, 2.05) is 6.07 Å². The van der Waals surface area contributed by atoms with Crippen LogP contribution in [0.15, 0.2) is 41.5 Å². The number of benzene rings is 2. The summed E-state index contributed by atoms with van der Waals surface area (Å²) in [5.74, 6) is -3.31. The van der Waals surface area contributed by atoms with Gasteiger partial charge in [0.05, 0.1) is 29.7 Å². The van der Waals surface area contributed by atoms with Crippen LogP contribution in [-0.2, 0) is 17.4 Å². The number of anilines is 1. The Kier molecular flexibility index (Phi) is 8.19. The van der Waals surface area contributed by atoms with Crippen LogP contribution in [-0.4, -0.2) is 31.3 Å². The molecule has 3 rings (SSSR count). The first kappa shape index (κ1) is 25.8. The van der Waals surface area contributed by atoms with Crippen LogP contribution in [0.5, 0.6) is 0 Å². The number of aliphatic imine (C=N–C) groups is 1. The second-order valence-electron chi connectivity index (χ2n) is 7.88. The second kappa shape index (κ2) is 11.1. The Morgan fingerprint density at radius 1 is 1.26 bits per heavy atom. The summed E-state index contributed by atoms with van der Waals surface area (Å²) in [6.45, 7) is 1.61. The smallest absolute Gasteiger partial charge is 0.404 e. The third-order valence-corrected chi connectivity index (χ3v) is 5.43. The first-order chi connectivity index (χ1) is 16.6. The van der Waals surface area contributed by atoms with Crippen LogP contribution < -0.4 is 16.4 Å². The van der Waals surface area contributed by atoms with Crippen molar-refractivity contribution < 1.29 is 26.7 Å². The molecule has 6 nitrogen and oxygen atoms in total. The summed E-state index contributed by atoms with van der Waals surface area (Å²) in [5.41, 5.74) is 3.51. The first-order valence-corrected chi connectivity index (χ1v) is 10.7. The number of piperidine rings is 1. The SMILES string of the molecule is N#Cc1cc(NC(=O)Cc2cccc(C(F)(F)F)c2F)cc(F)c1/C(C=NC1CCNCC1)=C/N. The van der Waals surface area contributed by atoms with E-state index < -0.39 is 41.3 Å². The minimum Gasteiger partial charge on any atom is -0.404 e. The fraction of sp³-hybridized carbons (Fsp3) is 0.292. The number of carbonyl (C=O) groups excluding carboxylic acids is 1. The van der Waals surface area contributed by atoms with Gasteiger partial charge in [-0.3, -0.25) is 9.79 Å². The number of allylic oxidation sites excluding steroid dienone is 1. The lowest BCUT2D eigenvalue weighted by molar-refractivity contribution is -0.140. The van der Waals surface area contributed by atoms with Gasteiger partial charge >= 0.3 is 6.18 Å². The Morgan fingerprint density at radius 2 is 1.97 bits per heavy atom. The number of rotatable bonds is 6. The number of hydrogen-bond donors (Lipinski definition) is 3. The minimum atomic E-state index is -4.91. The average Bonchev–Trinajstić information content (AvgIpc) is 2.81. The van der Waals surface area contributed by atoms with Gasteiger partial charge in [-0.1, -0.05) is 12.1 Å². The molecule has 0 saturated carbocycles. The van der Waals surface area contributed by atoms with E-state index in [9.17, 15) is 32.0 Å². The molecule has 1 aliphatic rings. The largest absolute Gasteiger partial charge is 0.419 e. The molecule has 1 aliphatic heterocycles. The van der Waals surface area contributed by atoms with Gasteiger partial charge in [0.2, 0.25) is 5.91 Å². The molecular formula is C24H22F5N5O. The van der Waals surface area contributed by atoms with E-state index in [1.54, 1.807) is 0 Å². The molecule has 0 aliphatic carbocycles. The molecule has 1 fully saturated rings. The molecule has 35 heavy (non-hydrogen) atoms. The third-order valence-electron chi connectivity index (χ3n) is 5.43. The topological polar surface area (TPSA) is 103 Å². The van der Waals surface area contributed by atoms with Crippen molar-refractivity contribution in [3.05, 3.63) is 70.4 Å². The molecule has 1 saturated heterocycles. The van der Waals surface area contributed by atoms with Gasteiger partial charge in [-0.05, 0) is 49.7 Å². The van der Waals surface area contributed by atoms with Gasteiger partial charge in [-0.15, -0.1) is 0 Å². The first-order valence-electron chi connectivity index (χ1n) is 10.7. The zero-order chi connectivity index (χ0) is 25.6. The van der Waals surface area contributed by atoms with Crippen molar-refractivity contribution in [1.82, 2.24) is 5.32 Å². The second-order valence-corrected chi connectivity index (χ2v) is 7.88. The molecule has 0 radical (unpaired) electrons. The summed E-state index contributed by atoms with van der Waals surface area (Å²) in [5, 5.41) is 15.0. The van der Waals surface area contributed by atoms with Gasteiger partial charge in [0, 0.05) is 29.2 Å². The normalized spacial score (nSPS) is 15.3. The van der Waals surface area contributed by atoms with E-state index in [2.05, 4.69) is 15.6 Å². The van der Waals surface area contributed by atoms with E-state index in [4.69, 9.17) is 5.73 Å². The van der Waals surface area contributed by atoms with E-state index in [-0.39, 0.29) is 28.4 Å². The number of nitrogens with zero attached hydrogens (tertiary/aromatic N) is 2. The molecule has 0 aromatic heterocycles. The summed E-state index contributed by atoms with van der Waals surface area (Å²) in [7, 11) is 0. The molecule has 2 aromatic carbocycles. The van der Waals surface area contributed by atoms with Crippen LogP contribution in [0.4, 0.5) is 27.6 Å². The highest BCUT2D eigenvalue weighted by molar-refractivity contribution is 6.11. The predicted molar refractivity (Wildman–Crippen MR) is 121 cm³/mol. The van der Waals surface area contributed by atoms with E-state index >= 15 is 0 Å². The number of nitriles is 1. The fourth-order valence-electron chi connectivity index (χ4n) is 3.71. The lowest BCUT2D eigenvalue weighted by atomic mass is 9.99. The molecule has 1 heterocycles. The maximum atomic E-state index is 15.0. The maximum absolute atomic E-state index is 15.0. The van der Waals surface area contributed by atoms with Gasteiger partial charge < -0.3 is 16.4 Å². The molecular weight excluding hydrogens is 469 g/mol. The summed E-state index contributed by atoms with van der Waals surface area (Å²) in [4.78, 5) is 16.8. The Balaban J connectivity index is 1.80. The standard InChI is InChI=1S/C24H22F5N5O/c25-20-10-18(34-21(35)9-14-2-1-3-19(23(14)26)24(27,28)29)8-15(11-30)22(20)16(12-31)13-33-17-4-6-32-7-5-17/h1-3,8,10,12-13,17,32H,4-7,9,31H2,(H,34,35)/b16-12+,33-13?. The number of alkyl halides is 3. The Hall–Kier alpha value is -3.78. The molecule has 4 N–H and O–H groups in total. The average molecular weight is 491 g/mol. The number of carbonyl (C=O) groups is 1. The van der Waals surface area contributed by atoms with Crippen LogP contribution in [0, 0.1) is 23.0 Å². The molecule has 11 heteroatoms. The summed E-state index contributed by atoms with van der Waals surface area (Å²) < 4.78 is 67.9. The number of halogens is 5. The molecule has 2 aromatic rings. The summed E-state index contributed by atoms with van der Waals surface area (Å²) in [6, 6.07) is 6.63. The Morgan fingerprint density at radius 3 is 2.60 bits per heavy atom. The van der Waals surface area contributed by atoms with Crippen LogP contribution in [0.3, 0.4) is 0 Å². The van der Waals surface area contributed by atoms with Crippen LogP contribution in [0.25, 0.3) is 5.57 Å². The van der Waals surface area contributed by atoms with Gasteiger partial charge in [0.1, 0.15) is 11.6 Å². The Bertz CT molecular complexity index is 1190. The van der Waals surface area contributed by atoms with E-state index in [0.29, 0.717) is 6.07 Å². The van der Waals surface area contributed by atoms with Crippen molar-refractivity contribution in [2.75, 3.05) is 18.4 Å². The summed E-state index contributed by atoms with van der Waals surface area (Å²) >= 11 is 0. The van der Waals surface area contributed by atoms with Crippen LogP contribution >= 0.6 is 0 Å². The Labute approximate surface area is 198 Å². The molecule has 0 atom stereocenters. The van der Waals surface area contributed by atoms with Gasteiger partial charge in [0.15, 0.2) is 0 Å². The van der Waals surface area contributed by atoms with Crippen molar-refractivity contribution in [3.8, 4) is 6.07 Å². The number of nitrogens with two attached hydrogens (primary N) is 1. The molecule has 184 valence electrons. The van der Waals surface area contributed by atoms with Crippen LogP contribution in [0.1, 0.15) is 35.1 Å². The fourth-order valence-corrected chi connectivity index (χ4v) is 3.71. The lowest BCUT2D eigenvalue weighted by Crippen LogP contribution is -2.29. The molecule has 0 unspecified atom stereocenters. The van der Waals surface area contributed by atoms with Crippen molar-refractivity contribution in [2.45, 2.75) is 31.5 Å². The van der Waals surface area contributed by atoms with Crippen molar-refractivity contribution in [2.24, 2.45) is 10.7 Å². The highest BCUT2D eigenvalue weighted by atomic mass is 19.4. The van der Waals surface area contributed by atoms with E-state index in [1.165, 1.54) is 12.3 Å². The molecule has 0 bridgehead atoms. The summed E-state index contributed by atoms with van der Waals surface area (Å²) in [6.07, 6.45) is -1.50. The van der Waals surface area contributed by atoms with Gasteiger partial charge in [-0.25, -0.2) is 8.78 Å². The van der Waals surface area contributed by atoms with Gasteiger partial charge in [0.25, 0.3) is 0 Å². The highest BCUT2D eigenvalue weighted by Crippen LogP contribution is 2.32. The molecule has 1 amide bonds. The van der Waals surface area contributed by atoms with Crippen molar-refractivity contribution in [1.29, 1.82) is 5.26 Å². The lowest BCUT2D eigenvalue weighted by Gasteiger charge is -2.19. The predicted octanol–water partition coefficient (Wildman–Crippen LogP) is 4.16. The van der Waals surface area contributed by atoms with Gasteiger partial charge in [-0.2, -0.15) is 18.4 Å². The molecule has 0 spiro atoms. The number of nitrogens with one attached hydrogen (secondary N) is 2. The number of amides is 1. The zero-order valence-corrected chi connectivity index (χ0v) is 18.4. The highest BCUT2D eigenvalue weighted by Gasteiger charge is 2.35. The van der Waals surface area contributed by atoms with Crippen LogP contribution in [0.2, 0.25) is 0 Å².